The van der Waals surface area contributed by atoms with Crippen LogP contribution in [-0.2, 0) is 17.3 Å². The van der Waals surface area contributed by atoms with Crippen LogP contribution in [-0.4, -0.2) is 19.0 Å². The van der Waals surface area contributed by atoms with Gasteiger partial charge in [0.15, 0.2) is 8.32 Å². The quantitative estimate of drug-likeness (QED) is 0.348. The third kappa shape index (κ3) is 4.38. The maximum atomic E-state index is 9.79. The highest BCUT2D eigenvalue weighted by atomic mass is 28.4. The van der Waals surface area contributed by atoms with Gasteiger partial charge in [-0.1, -0.05) is 39.0 Å². The minimum atomic E-state index is -1.78. The van der Waals surface area contributed by atoms with E-state index in [1.807, 2.05) is 0 Å². The van der Waals surface area contributed by atoms with Crippen LogP contribution in [0.4, 0.5) is 0 Å². The van der Waals surface area contributed by atoms with E-state index in [0.29, 0.717) is 12.1 Å². The van der Waals surface area contributed by atoms with Crippen molar-refractivity contribution in [3.63, 3.8) is 0 Å². The first kappa shape index (κ1) is 24.3. The Morgan fingerprint density at radius 1 is 1.06 bits per heavy atom. The summed E-state index contributed by atoms with van der Waals surface area (Å²) in [4.78, 5) is 0. The third-order valence-electron chi connectivity index (χ3n) is 9.00. The lowest BCUT2D eigenvalue weighted by atomic mass is 9.86. The SMILES string of the molecule is Cc1cc2c(cc1C#N)c(-c1cccc3c1CCCC3)cn2[C@@H]1CC[C@@H](O[Si](C)(C)C(C)(C)C)C1. The van der Waals surface area contributed by atoms with Crippen LogP contribution in [0.2, 0.25) is 18.1 Å². The van der Waals surface area contributed by atoms with Gasteiger partial charge in [-0.15, -0.1) is 0 Å². The molecule has 0 saturated heterocycles. The fourth-order valence-corrected chi connectivity index (χ4v) is 7.34. The zero-order valence-corrected chi connectivity index (χ0v) is 23.4. The molecule has 2 aliphatic rings. The van der Waals surface area contributed by atoms with Gasteiger partial charge < -0.3 is 8.99 Å². The van der Waals surface area contributed by atoms with Gasteiger partial charge in [-0.3, -0.25) is 0 Å². The molecule has 35 heavy (non-hydrogen) atoms. The van der Waals surface area contributed by atoms with Crippen molar-refractivity contribution in [3.8, 4) is 17.2 Å². The number of aryl methyl sites for hydroxylation is 2. The summed E-state index contributed by atoms with van der Waals surface area (Å²) in [6.07, 6.45) is 11.0. The topological polar surface area (TPSA) is 38.0 Å². The minimum Gasteiger partial charge on any atom is -0.414 e. The highest BCUT2D eigenvalue weighted by Gasteiger charge is 2.41. The Hall–Kier alpha value is -2.35. The van der Waals surface area contributed by atoms with Crippen LogP contribution in [0, 0.1) is 18.3 Å². The summed E-state index contributed by atoms with van der Waals surface area (Å²) in [5.41, 5.74) is 8.80. The number of fused-ring (bicyclic) bond motifs is 2. The van der Waals surface area contributed by atoms with E-state index >= 15 is 0 Å². The second-order valence-corrected chi connectivity index (χ2v) is 17.1. The van der Waals surface area contributed by atoms with Gasteiger partial charge in [0.1, 0.15) is 0 Å². The summed E-state index contributed by atoms with van der Waals surface area (Å²) in [6.45, 7) is 13.8. The highest BCUT2D eigenvalue weighted by molar-refractivity contribution is 6.74. The van der Waals surface area contributed by atoms with Crippen molar-refractivity contribution in [3.05, 3.63) is 58.8 Å². The molecule has 184 valence electrons. The lowest BCUT2D eigenvalue weighted by Gasteiger charge is -2.38. The molecule has 1 heterocycles. The zero-order valence-electron chi connectivity index (χ0n) is 22.4. The minimum absolute atomic E-state index is 0.232. The average molecular weight is 485 g/mol. The second-order valence-electron chi connectivity index (χ2n) is 12.4. The average Bonchev–Trinajstić information content (AvgIpc) is 3.41. The van der Waals surface area contributed by atoms with Gasteiger partial charge in [-0.2, -0.15) is 5.26 Å². The molecule has 4 heteroatoms. The zero-order chi connectivity index (χ0) is 25.0. The van der Waals surface area contributed by atoms with E-state index in [9.17, 15) is 5.26 Å². The molecule has 0 N–H and O–H groups in total. The van der Waals surface area contributed by atoms with E-state index in [1.165, 1.54) is 52.4 Å². The van der Waals surface area contributed by atoms with Crippen LogP contribution < -0.4 is 0 Å². The Balaban J connectivity index is 1.57. The van der Waals surface area contributed by atoms with Crippen molar-refractivity contribution in [2.45, 2.75) is 103 Å². The molecule has 5 rings (SSSR count). The molecule has 1 fully saturated rings. The van der Waals surface area contributed by atoms with Crippen molar-refractivity contribution >= 4 is 19.2 Å². The van der Waals surface area contributed by atoms with Crippen molar-refractivity contribution < 1.29 is 4.43 Å². The predicted molar refractivity (Wildman–Crippen MR) is 148 cm³/mol. The third-order valence-corrected chi connectivity index (χ3v) is 13.5. The summed E-state index contributed by atoms with van der Waals surface area (Å²) in [5, 5.41) is 11.2. The molecular formula is C31H40N2OSi. The maximum Gasteiger partial charge on any atom is 0.192 e. The van der Waals surface area contributed by atoms with Crippen LogP contribution in [0.1, 0.15) is 81.2 Å². The second kappa shape index (κ2) is 8.94. The number of aromatic nitrogens is 1. The molecule has 1 aromatic heterocycles. The maximum absolute atomic E-state index is 9.79. The molecule has 0 amide bonds. The largest absolute Gasteiger partial charge is 0.414 e. The van der Waals surface area contributed by atoms with Gasteiger partial charge in [0, 0.05) is 34.8 Å². The van der Waals surface area contributed by atoms with Crippen molar-refractivity contribution in [1.29, 1.82) is 5.26 Å². The van der Waals surface area contributed by atoms with E-state index in [4.69, 9.17) is 4.43 Å². The van der Waals surface area contributed by atoms with Gasteiger partial charge >= 0.3 is 0 Å². The smallest absolute Gasteiger partial charge is 0.192 e. The first-order chi connectivity index (χ1) is 16.6. The van der Waals surface area contributed by atoms with E-state index in [0.717, 1.165) is 36.8 Å². The number of nitrogens with zero attached hydrogens (tertiary/aromatic N) is 2. The number of nitriles is 1. The molecule has 3 nitrogen and oxygen atoms in total. The molecule has 0 bridgehead atoms. The molecule has 1 saturated carbocycles. The molecule has 2 atom stereocenters. The summed E-state index contributed by atoms with van der Waals surface area (Å²) in [7, 11) is -1.78. The monoisotopic (exact) mass is 484 g/mol. The summed E-state index contributed by atoms with van der Waals surface area (Å²) < 4.78 is 9.36. The van der Waals surface area contributed by atoms with E-state index in [-0.39, 0.29) is 5.04 Å². The number of hydrogen-bond acceptors (Lipinski definition) is 2. The summed E-state index contributed by atoms with van der Waals surface area (Å²) >= 11 is 0. The van der Waals surface area contributed by atoms with E-state index in [2.05, 4.69) is 88.0 Å². The number of hydrogen-bond donors (Lipinski definition) is 0. The van der Waals surface area contributed by atoms with E-state index < -0.39 is 8.32 Å². The van der Waals surface area contributed by atoms with Gasteiger partial charge in [-0.25, -0.2) is 0 Å². The Bertz CT molecular complexity index is 1300. The van der Waals surface area contributed by atoms with Crippen LogP contribution in [0.15, 0.2) is 36.5 Å². The van der Waals surface area contributed by atoms with Gasteiger partial charge in [0.05, 0.1) is 11.6 Å². The number of benzene rings is 2. The Kier molecular flexibility index (Phi) is 6.22. The first-order valence-corrected chi connectivity index (χ1v) is 16.3. The van der Waals surface area contributed by atoms with Crippen molar-refractivity contribution in [2.24, 2.45) is 0 Å². The predicted octanol–water partition coefficient (Wildman–Crippen LogP) is 8.48. The molecule has 0 radical (unpaired) electrons. The fraction of sp³-hybridized carbons (Fsp3) is 0.516. The molecule has 0 spiro atoms. The fourth-order valence-electron chi connectivity index (χ4n) is 5.94. The normalized spacial score (nSPS) is 20.7. The van der Waals surface area contributed by atoms with E-state index in [1.54, 1.807) is 0 Å². The summed E-state index contributed by atoms with van der Waals surface area (Å²) in [6, 6.07) is 14.1. The number of rotatable bonds is 4. The van der Waals surface area contributed by atoms with Crippen LogP contribution in [0.5, 0.6) is 0 Å². The van der Waals surface area contributed by atoms with Gasteiger partial charge in [0.25, 0.3) is 0 Å². The van der Waals surface area contributed by atoms with Crippen molar-refractivity contribution in [1.82, 2.24) is 4.57 Å². The molecule has 0 unspecified atom stereocenters. The molecule has 2 aromatic carbocycles. The standard InChI is InChI=1S/C31H40N2OSi/c1-21-16-30-28(17-23(21)19-32)29(27-13-9-11-22-10-7-8-12-26(22)27)20-33(30)24-14-15-25(18-24)34-35(5,6)31(2,3)4/h9,11,13,16-17,20,24-25H,7-8,10,12,14-15,18H2,1-6H3/t24-,25-/m1/s1. The Morgan fingerprint density at radius 3 is 2.57 bits per heavy atom. The van der Waals surface area contributed by atoms with Crippen LogP contribution in [0.25, 0.3) is 22.0 Å². The molecule has 2 aliphatic carbocycles. The van der Waals surface area contributed by atoms with Crippen molar-refractivity contribution in [2.75, 3.05) is 0 Å². The molecule has 0 aliphatic heterocycles. The Labute approximate surface area is 212 Å². The highest BCUT2D eigenvalue weighted by Crippen LogP contribution is 2.44. The first-order valence-electron chi connectivity index (χ1n) is 13.4. The lowest BCUT2D eigenvalue weighted by Crippen LogP contribution is -2.43. The molecule has 3 aromatic rings. The lowest BCUT2D eigenvalue weighted by molar-refractivity contribution is 0.183. The van der Waals surface area contributed by atoms with Gasteiger partial charge in [0.2, 0.25) is 0 Å². The summed E-state index contributed by atoms with van der Waals surface area (Å²) in [5.74, 6) is 0. The Morgan fingerprint density at radius 2 is 1.83 bits per heavy atom. The van der Waals surface area contributed by atoms with Gasteiger partial charge in [-0.05, 0) is 104 Å². The van der Waals surface area contributed by atoms with Crippen LogP contribution >= 0.6 is 0 Å². The van der Waals surface area contributed by atoms with Crippen LogP contribution in [0.3, 0.4) is 0 Å². The molecular weight excluding hydrogens is 444 g/mol.